The van der Waals surface area contributed by atoms with E-state index < -0.39 is 23.3 Å². The van der Waals surface area contributed by atoms with Crippen molar-refractivity contribution in [1.29, 1.82) is 0 Å². The fraction of sp³-hybridized carbons (Fsp3) is 0.200. The fourth-order valence-corrected chi connectivity index (χ4v) is 2.57. The van der Waals surface area contributed by atoms with Crippen molar-refractivity contribution in [2.45, 2.75) is 6.18 Å². The van der Waals surface area contributed by atoms with Gasteiger partial charge in [-0.15, -0.1) is 0 Å². The monoisotopic (exact) mass is 407 g/mol. The van der Waals surface area contributed by atoms with Gasteiger partial charge in [0.2, 0.25) is 0 Å². The van der Waals surface area contributed by atoms with Crippen molar-refractivity contribution in [2.75, 3.05) is 25.6 Å². The van der Waals surface area contributed by atoms with Gasteiger partial charge in [-0.05, 0) is 30.3 Å². The molecule has 0 spiro atoms. The van der Waals surface area contributed by atoms with E-state index in [1.807, 2.05) is 0 Å². The number of fused-ring (bicyclic) bond motifs is 1. The number of halogens is 3. The number of hydrogen-bond donors (Lipinski definition) is 1. The van der Waals surface area contributed by atoms with E-state index in [0.717, 1.165) is 18.2 Å². The minimum absolute atomic E-state index is 0.00794. The van der Waals surface area contributed by atoms with Crippen LogP contribution >= 0.6 is 0 Å². The molecular weight excluding hydrogens is 391 g/mol. The number of alkyl halides is 3. The summed E-state index contributed by atoms with van der Waals surface area (Å²) in [5.74, 6) is -0.908. The number of methoxy groups -OCH3 is 1. The molecule has 1 aromatic heterocycles. The Morgan fingerprint density at radius 2 is 1.86 bits per heavy atom. The third-order valence-electron chi connectivity index (χ3n) is 3.99. The number of anilines is 1. The maximum absolute atomic E-state index is 13.1. The lowest BCUT2D eigenvalue weighted by molar-refractivity contribution is -0.137. The quantitative estimate of drug-likeness (QED) is 0.492. The lowest BCUT2D eigenvalue weighted by Crippen LogP contribution is -2.21. The smallest absolute Gasteiger partial charge is 0.416 e. The summed E-state index contributed by atoms with van der Waals surface area (Å²) in [4.78, 5) is 24.7. The van der Waals surface area contributed by atoms with Gasteiger partial charge in [-0.1, -0.05) is 18.2 Å². The van der Waals surface area contributed by atoms with E-state index >= 15 is 0 Å². The zero-order valence-corrected chi connectivity index (χ0v) is 15.2. The van der Waals surface area contributed by atoms with Gasteiger partial charge in [0.05, 0.1) is 17.9 Å². The molecule has 0 fully saturated rings. The molecule has 0 aliphatic heterocycles. The largest absolute Gasteiger partial charge is 0.489 e. The summed E-state index contributed by atoms with van der Waals surface area (Å²) in [6.07, 6.45) is -4.62. The summed E-state index contributed by atoms with van der Waals surface area (Å²) >= 11 is 0. The maximum Gasteiger partial charge on any atom is 0.416 e. The molecule has 1 N–H and O–H groups in total. The van der Waals surface area contributed by atoms with E-state index in [1.165, 1.54) is 13.2 Å². The van der Waals surface area contributed by atoms with Crippen molar-refractivity contribution in [3.05, 3.63) is 70.1 Å². The van der Waals surface area contributed by atoms with Crippen LogP contribution in [0.4, 0.5) is 18.9 Å². The molecule has 0 unspecified atom stereocenters. The molecule has 9 heteroatoms. The second-order valence-electron chi connectivity index (χ2n) is 5.99. The molecule has 0 aliphatic rings. The van der Waals surface area contributed by atoms with E-state index in [0.29, 0.717) is 5.39 Å². The highest BCUT2D eigenvalue weighted by Gasteiger charge is 2.31. The van der Waals surface area contributed by atoms with Crippen molar-refractivity contribution < 1.29 is 31.9 Å². The highest BCUT2D eigenvalue weighted by atomic mass is 19.4. The average molecular weight is 407 g/mol. The van der Waals surface area contributed by atoms with E-state index in [4.69, 9.17) is 13.9 Å². The van der Waals surface area contributed by atoms with Gasteiger partial charge in [0.1, 0.15) is 23.5 Å². The topological polar surface area (TPSA) is 77.8 Å². The zero-order valence-electron chi connectivity index (χ0n) is 15.2. The van der Waals surface area contributed by atoms with Gasteiger partial charge in [-0.3, -0.25) is 4.79 Å². The standard InChI is InChI=1S/C20H16F3NO5/c1-27-8-9-28-17-7-6-13(20(21,22)23)11-15(17)24-18(25)14-10-12-4-2-3-5-16(12)29-19(14)26/h2-7,10-11H,8-9H2,1H3,(H,24,25). The Morgan fingerprint density at radius 1 is 1.10 bits per heavy atom. The number of hydrogen-bond acceptors (Lipinski definition) is 5. The lowest BCUT2D eigenvalue weighted by atomic mass is 10.1. The predicted octanol–water partition coefficient (Wildman–Crippen LogP) is 4.09. The van der Waals surface area contributed by atoms with Crippen molar-refractivity contribution in [3.8, 4) is 5.75 Å². The summed E-state index contributed by atoms with van der Waals surface area (Å²) in [5.41, 5.74) is -2.17. The first-order chi connectivity index (χ1) is 13.8. The number of ether oxygens (including phenoxy) is 2. The van der Waals surface area contributed by atoms with Crippen LogP contribution in [0.2, 0.25) is 0 Å². The third-order valence-corrected chi connectivity index (χ3v) is 3.99. The third kappa shape index (κ3) is 4.75. The molecule has 0 saturated carbocycles. The first kappa shape index (κ1) is 20.4. The van der Waals surface area contributed by atoms with Crippen LogP contribution in [-0.2, 0) is 10.9 Å². The minimum atomic E-state index is -4.62. The SMILES string of the molecule is COCCOc1ccc(C(F)(F)F)cc1NC(=O)c1cc2ccccc2oc1=O. The van der Waals surface area contributed by atoms with Gasteiger partial charge < -0.3 is 19.2 Å². The Bertz CT molecular complexity index is 1090. The number of carbonyl (C=O) groups is 1. The summed E-state index contributed by atoms with van der Waals surface area (Å²) in [6.45, 7) is 0.255. The molecule has 1 amide bonds. The van der Waals surface area contributed by atoms with Crippen LogP contribution in [0.5, 0.6) is 5.75 Å². The Balaban J connectivity index is 1.95. The van der Waals surface area contributed by atoms with Crippen LogP contribution in [0.3, 0.4) is 0 Å². The number of nitrogens with one attached hydrogen (secondary N) is 1. The average Bonchev–Trinajstić information content (AvgIpc) is 2.67. The van der Waals surface area contributed by atoms with Gasteiger partial charge in [0.15, 0.2) is 0 Å². The van der Waals surface area contributed by atoms with Crippen molar-refractivity contribution >= 4 is 22.6 Å². The first-order valence-electron chi connectivity index (χ1n) is 8.47. The van der Waals surface area contributed by atoms with E-state index in [1.54, 1.807) is 24.3 Å². The van der Waals surface area contributed by atoms with E-state index in [-0.39, 0.29) is 35.8 Å². The van der Waals surface area contributed by atoms with Crippen LogP contribution in [0, 0.1) is 0 Å². The molecule has 1 heterocycles. The maximum atomic E-state index is 13.1. The number of benzene rings is 2. The Labute approximate surface area is 162 Å². The highest BCUT2D eigenvalue weighted by molar-refractivity contribution is 6.06. The van der Waals surface area contributed by atoms with E-state index in [9.17, 15) is 22.8 Å². The molecule has 0 atom stereocenters. The predicted molar refractivity (Wildman–Crippen MR) is 99.3 cm³/mol. The van der Waals surface area contributed by atoms with Gasteiger partial charge in [0, 0.05) is 12.5 Å². The first-order valence-corrected chi connectivity index (χ1v) is 8.47. The molecule has 0 aliphatic carbocycles. The van der Waals surface area contributed by atoms with Crippen LogP contribution in [0.1, 0.15) is 15.9 Å². The molecule has 152 valence electrons. The minimum Gasteiger partial charge on any atom is -0.489 e. The Morgan fingerprint density at radius 3 is 2.59 bits per heavy atom. The summed E-state index contributed by atoms with van der Waals surface area (Å²) in [5, 5.41) is 2.81. The fourth-order valence-electron chi connectivity index (χ4n) is 2.57. The van der Waals surface area contributed by atoms with Crippen LogP contribution in [0.15, 0.2) is 57.7 Å². The van der Waals surface area contributed by atoms with Gasteiger partial charge >= 0.3 is 11.8 Å². The number of para-hydroxylation sites is 1. The molecule has 29 heavy (non-hydrogen) atoms. The number of carbonyl (C=O) groups excluding carboxylic acids is 1. The normalized spacial score (nSPS) is 11.4. The molecule has 0 bridgehead atoms. The number of rotatable bonds is 6. The van der Waals surface area contributed by atoms with Crippen molar-refractivity contribution in [3.63, 3.8) is 0 Å². The molecule has 0 radical (unpaired) electrons. The molecular formula is C20H16F3NO5. The molecule has 3 aromatic rings. The van der Waals surface area contributed by atoms with Gasteiger partial charge in [-0.2, -0.15) is 13.2 Å². The summed E-state index contributed by atoms with van der Waals surface area (Å²) in [7, 11) is 1.44. The van der Waals surface area contributed by atoms with Crippen LogP contribution < -0.4 is 15.7 Å². The highest BCUT2D eigenvalue weighted by Crippen LogP contribution is 2.35. The number of amides is 1. The second kappa shape index (κ2) is 8.36. The van der Waals surface area contributed by atoms with Gasteiger partial charge in [0.25, 0.3) is 5.91 Å². The second-order valence-corrected chi connectivity index (χ2v) is 5.99. The molecule has 0 saturated heterocycles. The lowest BCUT2D eigenvalue weighted by Gasteiger charge is -2.15. The molecule has 3 rings (SSSR count). The van der Waals surface area contributed by atoms with Crippen LogP contribution in [-0.4, -0.2) is 26.2 Å². The summed E-state index contributed by atoms with van der Waals surface area (Å²) in [6, 6.07) is 10.5. The zero-order chi connectivity index (χ0) is 21.0. The Hall–Kier alpha value is -3.33. The molecule has 2 aromatic carbocycles. The van der Waals surface area contributed by atoms with Crippen molar-refractivity contribution in [2.24, 2.45) is 0 Å². The Kier molecular flexibility index (Phi) is 5.88. The molecule has 6 nitrogen and oxygen atoms in total. The van der Waals surface area contributed by atoms with Crippen LogP contribution in [0.25, 0.3) is 11.0 Å². The van der Waals surface area contributed by atoms with E-state index in [2.05, 4.69) is 5.32 Å². The van der Waals surface area contributed by atoms with Crippen molar-refractivity contribution in [1.82, 2.24) is 0 Å². The van der Waals surface area contributed by atoms with Gasteiger partial charge in [-0.25, -0.2) is 4.79 Å². The summed E-state index contributed by atoms with van der Waals surface area (Å²) < 4.78 is 54.5.